The number of benzene rings is 7. The van der Waals surface area contributed by atoms with Gasteiger partial charge in [-0.15, -0.1) is 0 Å². The van der Waals surface area contributed by atoms with E-state index in [4.69, 9.17) is 4.42 Å². The Kier molecular flexibility index (Phi) is 5.88. The second kappa shape index (κ2) is 10.5. The van der Waals surface area contributed by atoms with E-state index in [1.807, 2.05) is 6.07 Å². The van der Waals surface area contributed by atoms with Gasteiger partial charge in [0, 0.05) is 27.2 Å². The van der Waals surface area contributed by atoms with Gasteiger partial charge in [0.05, 0.1) is 0 Å². The molecular formula is C54H42O. The topological polar surface area (TPSA) is 13.1 Å². The predicted molar refractivity (Wildman–Crippen MR) is 226 cm³/mol. The molecule has 0 aliphatic heterocycles. The summed E-state index contributed by atoms with van der Waals surface area (Å²) < 4.78 is 6.37. The summed E-state index contributed by atoms with van der Waals surface area (Å²) in [5.41, 5.74) is 21.4. The number of hydrogen-bond acceptors (Lipinski definition) is 1. The van der Waals surface area contributed by atoms with Gasteiger partial charge in [-0.05, 0) is 140 Å². The summed E-state index contributed by atoms with van der Waals surface area (Å²) >= 11 is 0. The van der Waals surface area contributed by atoms with Crippen molar-refractivity contribution in [3.05, 3.63) is 168 Å². The third-order valence-electron chi connectivity index (χ3n) is 15.3. The normalized spacial score (nSPS) is 24.5. The lowest BCUT2D eigenvalue weighted by Gasteiger charge is -2.43. The summed E-state index contributed by atoms with van der Waals surface area (Å²) in [6, 6.07) is 55.2. The zero-order valence-corrected chi connectivity index (χ0v) is 31.4. The highest BCUT2D eigenvalue weighted by atomic mass is 16.3. The lowest BCUT2D eigenvalue weighted by atomic mass is 9.59. The molecule has 4 saturated carbocycles. The molecule has 0 N–H and O–H groups in total. The molecule has 0 amide bonds. The Hall–Kier alpha value is -5.66. The van der Waals surface area contributed by atoms with E-state index in [1.165, 1.54) is 86.9 Å². The predicted octanol–water partition coefficient (Wildman–Crippen LogP) is 14.2. The summed E-state index contributed by atoms with van der Waals surface area (Å²) in [6.07, 6.45) is 5.74. The van der Waals surface area contributed by atoms with Crippen LogP contribution in [0.3, 0.4) is 0 Å². The molecule has 6 aliphatic rings. The Bertz CT molecular complexity index is 2930. The highest BCUT2D eigenvalue weighted by molar-refractivity contribution is 6.09. The van der Waals surface area contributed by atoms with Crippen molar-refractivity contribution in [3.63, 3.8) is 0 Å². The van der Waals surface area contributed by atoms with Crippen LogP contribution in [0, 0.1) is 23.7 Å². The van der Waals surface area contributed by atoms with Crippen molar-refractivity contribution < 1.29 is 4.42 Å². The van der Waals surface area contributed by atoms with Crippen LogP contribution in [-0.4, -0.2) is 0 Å². The number of para-hydroxylation sites is 2. The van der Waals surface area contributed by atoms with Crippen LogP contribution in [0.4, 0.5) is 0 Å². The van der Waals surface area contributed by atoms with Crippen LogP contribution >= 0.6 is 0 Å². The molecule has 0 saturated heterocycles. The van der Waals surface area contributed by atoms with Crippen LogP contribution < -0.4 is 0 Å². The number of rotatable bonds is 3. The first-order chi connectivity index (χ1) is 27.0. The Morgan fingerprint density at radius 1 is 0.473 bits per heavy atom. The largest absolute Gasteiger partial charge is 0.455 e. The summed E-state index contributed by atoms with van der Waals surface area (Å²) in [6.45, 7) is 4.83. The molecule has 4 fully saturated rings. The van der Waals surface area contributed by atoms with Crippen molar-refractivity contribution >= 4 is 21.9 Å². The van der Waals surface area contributed by atoms with Crippen LogP contribution in [0.5, 0.6) is 0 Å². The van der Waals surface area contributed by atoms with Crippen LogP contribution in [-0.2, 0) is 10.8 Å². The molecule has 1 aromatic heterocycles. The van der Waals surface area contributed by atoms with Crippen molar-refractivity contribution in [2.24, 2.45) is 23.7 Å². The Labute approximate surface area is 322 Å². The van der Waals surface area contributed by atoms with Gasteiger partial charge in [0.25, 0.3) is 0 Å². The van der Waals surface area contributed by atoms with Crippen molar-refractivity contribution in [1.29, 1.82) is 0 Å². The van der Waals surface area contributed by atoms with Gasteiger partial charge in [0.2, 0.25) is 0 Å². The van der Waals surface area contributed by atoms with Crippen LogP contribution in [0.1, 0.15) is 61.8 Å². The third kappa shape index (κ3) is 3.84. The molecule has 5 unspecified atom stereocenters. The first-order valence-electron chi connectivity index (χ1n) is 20.5. The Morgan fingerprint density at radius 2 is 1.20 bits per heavy atom. The van der Waals surface area contributed by atoms with Gasteiger partial charge in [-0.1, -0.05) is 141 Å². The fraction of sp³-hybridized carbons (Fsp3) is 0.222. The highest BCUT2D eigenvalue weighted by Gasteiger charge is 2.66. The Balaban J connectivity index is 0.887. The molecule has 6 aliphatic carbocycles. The average Bonchev–Trinajstić information content (AvgIpc) is 3.96. The maximum Gasteiger partial charge on any atom is 0.143 e. The van der Waals surface area contributed by atoms with Crippen molar-refractivity contribution in [2.45, 2.75) is 50.4 Å². The summed E-state index contributed by atoms with van der Waals surface area (Å²) in [7, 11) is 0. The zero-order chi connectivity index (χ0) is 36.2. The second-order valence-electron chi connectivity index (χ2n) is 18.0. The first kappa shape index (κ1) is 30.6. The molecule has 55 heavy (non-hydrogen) atoms. The monoisotopic (exact) mass is 706 g/mol. The van der Waals surface area contributed by atoms with Crippen LogP contribution in [0.25, 0.3) is 77.6 Å². The molecule has 1 heterocycles. The lowest BCUT2D eigenvalue weighted by Crippen LogP contribution is -2.40. The van der Waals surface area contributed by atoms with E-state index in [0.717, 1.165) is 51.2 Å². The lowest BCUT2D eigenvalue weighted by molar-refractivity contribution is 0.191. The van der Waals surface area contributed by atoms with Gasteiger partial charge < -0.3 is 4.42 Å². The van der Waals surface area contributed by atoms with Crippen molar-refractivity contribution in [1.82, 2.24) is 0 Å². The van der Waals surface area contributed by atoms with Gasteiger partial charge >= 0.3 is 0 Å². The smallest absolute Gasteiger partial charge is 0.143 e. The summed E-state index contributed by atoms with van der Waals surface area (Å²) in [5, 5.41) is 2.33. The first-order valence-corrected chi connectivity index (χ1v) is 20.5. The van der Waals surface area contributed by atoms with Gasteiger partial charge in [0.15, 0.2) is 0 Å². The van der Waals surface area contributed by atoms with E-state index in [9.17, 15) is 0 Å². The fourth-order valence-electron chi connectivity index (χ4n) is 13.2. The van der Waals surface area contributed by atoms with Gasteiger partial charge in [-0.3, -0.25) is 0 Å². The maximum atomic E-state index is 6.37. The minimum Gasteiger partial charge on any atom is -0.455 e. The zero-order valence-electron chi connectivity index (χ0n) is 31.4. The molecule has 4 bridgehead atoms. The van der Waals surface area contributed by atoms with Crippen molar-refractivity contribution in [3.8, 4) is 55.6 Å². The number of hydrogen-bond donors (Lipinski definition) is 0. The molecule has 1 nitrogen and oxygen atoms in total. The summed E-state index contributed by atoms with van der Waals surface area (Å²) in [5.74, 6) is 3.46. The van der Waals surface area contributed by atoms with Crippen LogP contribution in [0.2, 0.25) is 0 Å². The van der Waals surface area contributed by atoms with Gasteiger partial charge in [0.1, 0.15) is 11.2 Å². The average molecular weight is 707 g/mol. The SMILES string of the molecule is CC1(C)c2ccc(-c3ccc(-c4cccc5c4oc4ccccc45)cc3)cc2-c2ccc(-c3cccc4c3-c3ccccc3C43C4CC5CC(C4)C3C5)cc21. The van der Waals surface area contributed by atoms with E-state index in [2.05, 4.69) is 153 Å². The number of furan rings is 1. The van der Waals surface area contributed by atoms with Crippen LogP contribution in [0.15, 0.2) is 150 Å². The second-order valence-corrected chi connectivity index (χ2v) is 18.0. The third-order valence-corrected chi connectivity index (χ3v) is 15.3. The van der Waals surface area contributed by atoms with Gasteiger partial charge in [-0.2, -0.15) is 0 Å². The fourth-order valence-corrected chi connectivity index (χ4v) is 13.2. The Morgan fingerprint density at radius 3 is 2.11 bits per heavy atom. The van der Waals surface area contributed by atoms with E-state index in [-0.39, 0.29) is 10.8 Å². The van der Waals surface area contributed by atoms with E-state index >= 15 is 0 Å². The molecular weight excluding hydrogens is 665 g/mol. The maximum absolute atomic E-state index is 6.37. The molecule has 14 rings (SSSR count). The molecule has 1 spiro atoms. The quantitative estimate of drug-likeness (QED) is 0.178. The molecule has 264 valence electrons. The minimum atomic E-state index is -0.0884. The molecule has 8 aromatic rings. The molecule has 5 atom stereocenters. The van der Waals surface area contributed by atoms with Gasteiger partial charge in [-0.25, -0.2) is 0 Å². The minimum absolute atomic E-state index is 0.0884. The number of fused-ring (bicyclic) bond motifs is 9. The van der Waals surface area contributed by atoms with E-state index in [1.54, 1.807) is 11.1 Å². The standard InChI is InChI=1S/C54H42O/c1-53(2)45-24-22-34(32-17-19-33(20-18-32)39-12-7-13-42-41-9-4-6-16-50(41)55-52(39)42)29-44(45)40-23-21-35(30-49(40)53)38-11-8-15-47-51(38)43-10-3-5-14-46(43)54(47)37-26-31-25-36(28-37)48(54)27-31/h3-24,29-31,36-37,48H,25-28H2,1-2H3. The molecule has 1 heteroatoms. The molecule has 7 aromatic carbocycles. The van der Waals surface area contributed by atoms with E-state index < -0.39 is 0 Å². The highest BCUT2D eigenvalue weighted by Crippen LogP contribution is 2.73. The molecule has 0 radical (unpaired) electrons. The van der Waals surface area contributed by atoms with E-state index in [0.29, 0.717) is 0 Å². The van der Waals surface area contributed by atoms with Crippen molar-refractivity contribution in [2.75, 3.05) is 0 Å². The summed E-state index contributed by atoms with van der Waals surface area (Å²) in [4.78, 5) is 0.